The molecule has 0 unspecified atom stereocenters. The predicted octanol–water partition coefficient (Wildman–Crippen LogP) is 4.99. The van der Waals surface area contributed by atoms with Crippen LogP contribution >= 0.6 is 0 Å². The molecule has 2 aromatic carbocycles. The molecule has 0 aliphatic heterocycles. The van der Waals surface area contributed by atoms with Gasteiger partial charge < -0.3 is 5.11 Å². The zero-order valence-electron chi connectivity index (χ0n) is 12.5. The minimum Gasteiger partial charge on any atom is -0.508 e. The van der Waals surface area contributed by atoms with Crippen molar-refractivity contribution in [3.63, 3.8) is 0 Å². The Kier molecular flexibility index (Phi) is 4.35. The van der Waals surface area contributed by atoms with Crippen molar-refractivity contribution in [2.24, 2.45) is 0 Å². The predicted molar refractivity (Wildman–Crippen MR) is 86.2 cm³/mol. The molecule has 0 amide bonds. The van der Waals surface area contributed by atoms with Crippen LogP contribution in [-0.2, 0) is 6.42 Å². The maximum atomic E-state index is 9.88. The highest BCUT2D eigenvalue weighted by atomic mass is 16.3. The Morgan fingerprint density at radius 3 is 2.60 bits per heavy atom. The monoisotopic (exact) mass is 266 g/mol. The summed E-state index contributed by atoms with van der Waals surface area (Å²) < 4.78 is 0. The lowest BCUT2D eigenvalue weighted by molar-refractivity contribution is 0.475. The molecule has 104 valence electrons. The summed E-state index contributed by atoms with van der Waals surface area (Å²) in [5.41, 5.74) is 3.38. The summed E-state index contributed by atoms with van der Waals surface area (Å²) in [5, 5.41) is 12.0. The largest absolute Gasteiger partial charge is 0.508 e. The number of benzene rings is 2. The maximum absolute atomic E-state index is 9.88. The van der Waals surface area contributed by atoms with Crippen LogP contribution in [-0.4, -0.2) is 5.11 Å². The van der Waals surface area contributed by atoms with Gasteiger partial charge in [-0.05, 0) is 47.4 Å². The molecule has 0 aliphatic rings. The number of unbranched alkanes of at least 4 members (excludes halogenated alkanes) is 1. The minimum atomic E-state index is 0.311. The zero-order valence-corrected chi connectivity index (χ0v) is 12.5. The summed E-state index contributed by atoms with van der Waals surface area (Å²) in [7, 11) is 0. The molecule has 0 bridgehead atoms. The van der Waals surface area contributed by atoms with E-state index in [-0.39, 0.29) is 0 Å². The van der Waals surface area contributed by atoms with Gasteiger partial charge in [-0.2, -0.15) is 0 Å². The molecular formula is C19H22O. The van der Waals surface area contributed by atoms with E-state index in [0.29, 0.717) is 11.7 Å². The summed E-state index contributed by atoms with van der Waals surface area (Å²) >= 11 is 0. The first kappa shape index (κ1) is 14.5. The van der Waals surface area contributed by atoms with Gasteiger partial charge in [0.25, 0.3) is 0 Å². The third kappa shape index (κ3) is 2.65. The molecule has 2 rings (SSSR count). The van der Waals surface area contributed by atoms with Gasteiger partial charge in [-0.3, -0.25) is 0 Å². The minimum absolute atomic E-state index is 0.311. The van der Waals surface area contributed by atoms with Crippen molar-refractivity contribution in [3.05, 3.63) is 41.0 Å². The summed E-state index contributed by atoms with van der Waals surface area (Å²) in [6, 6.07) is 7.83. The summed E-state index contributed by atoms with van der Waals surface area (Å²) in [6.07, 6.45) is 9.11. The quantitative estimate of drug-likeness (QED) is 0.773. The Morgan fingerprint density at radius 2 is 2.00 bits per heavy atom. The number of terminal acetylenes is 1. The first-order chi connectivity index (χ1) is 9.58. The number of aromatic hydroxyl groups is 1. The highest BCUT2D eigenvalue weighted by Crippen LogP contribution is 2.34. The SMILES string of the molecule is C#Cc1c(CCCC)ccc2cc(O)cc(C(C)C)c12. The van der Waals surface area contributed by atoms with Crippen molar-refractivity contribution < 1.29 is 5.11 Å². The van der Waals surface area contributed by atoms with Crippen molar-refractivity contribution in [3.8, 4) is 18.1 Å². The zero-order chi connectivity index (χ0) is 14.7. The van der Waals surface area contributed by atoms with Gasteiger partial charge in [0.05, 0.1) is 0 Å². The van der Waals surface area contributed by atoms with Crippen LogP contribution in [0.1, 0.15) is 56.2 Å². The molecule has 0 aliphatic carbocycles. The van der Waals surface area contributed by atoms with E-state index in [1.54, 1.807) is 6.07 Å². The van der Waals surface area contributed by atoms with Gasteiger partial charge in [0.1, 0.15) is 5.75 Å². The topological polar surface area (TPSA) is 20.2 Å². The van der Waals surface area contributed by atoms with Crippen LogP contribution in [0.3, 0.4) is 0 Å². The molecule has 0 spiro atoms. The molecule has 1 N–H and O–H groups in total. The molecule has 20 heavy (non-hydrogen) atoms. The smallest absolute Gasteiger partial charge is 0.116 e. The van der Waals surface area contributed by atoms with Crippen LogP contribution in [0, 0.1) is 12.3 Å². The fourth-order valence-electron chi connectivity index (χ4n) is 2.72. The van der Waals surface area contributed by atoms with Gasteiger partial charge in [-0.1, -0.05) is 45.2 Å². The Labute approximate surface area is 121 Å². The van der Waals surface area contributed by atoms with Gasteiger partial charge in [0.15, 0.2) is 0 Å². The van der Waals surface area contributed by atoms with Gasteiger partial charge in [-0.25, -0.2) is 0 Å². The van der Waals surface area contributed by atoms with Gasteiger partial charge in [-0.15, -0.1) is 6.42 Å². The molecule has 0 saturated heterocycles. The summed E-state index contributed by atoms with van der Waals surface area (Å²) in [6.45, 7) is 6.45. The Bertz CT molecular complexity index is 660. The van der Waals surface area contributed by atoms with Crippen LogP contribution < -0.4 is 0 Å². The molecule has 1 nitrogen and oxygen atoms in total. The van der Waals surface area contributed by atoms with E-state index in [0.717, 1.165) is 41.2 Å². The highest BCUT2D eigenvalue weighted by molar-refractivity contribution is 5.93. The van der Waals surface area contributed by atoms with Crippen molar-refractivity contribution >= 4 is 10.8 Å². The standard InChI is InChI=1S/C19H22O/c1-5-7-8-14-9-10-15-11-16(20)12-18(13(3)4)19(15)17(14)6-2/h2,9-13,20H,5,7-8H2,1,3-4H3. The van der Waals surface area contributed by atoms with Crippen LogP contribution in [0.5, 0.6) is 5.75 Å². The molecule has 0 fully saturated rings. The second-order valence-electron chi connectivity index (χ2n) is 5.64. The summed E-state index contributed by atoms with van der Waals surface area (Å²) in [5.74, 6) is 3.52. The Morgan fingerprint density at radius 1 is 1.25 bits per heavy atom. The van der Waals surface area contributed by atoms with Crippen LogP contribution in [0.15, 0.2) is 24.3 Å². The number of hydrogen-bond donors (Lipinski definition) is 1. The highest BCUT2D eigenvalue weighted by Gasteiger charge is 2.13. The number of fused-ring (bicyclic) bond motifs is 1. The van der Waals surface area contributed by atoms with Crippen molar-refractivity contribution in [2.75, 3.05) is 0 Å². The lowest BCUT2D eigenvalue weighted by Crippen LogP contribution is -1.97. The molecular weight excluding hydrogens is 244 g/mol. The first-order valence-electron chi connectivity index (χ1n) is 7.33. The lowest BCUT2D eigenvalue weighted by Gasteiger charge is -2.15. The number of aryl methyl sites for hydroxylation is 1. The fourth-order valence-corrected chi connectivity index (χ4v) is 2.72. The molecule has 0 aromatic heterocycles. The van der Waals surface area contributed by atoms with Gasteiger partial charge in [0, 0.05) is 10.9 Å². The number of phenolic OH excluding ortho intramolecular Hbond substituents is 1. The van der Waals surface area contributed by atoms with E-state index in [9.17, 15) is 5.11 Å². The Hall–Kier alpha value is -1.94. The number of hydrogen-bond acceptors (Lipinski definition) is 1. The molecule has 0 radical (unpaired) electrons. The number of rotatable bonds is 4. The molecule has 0 atom stereocenters. The van der Waals surface area contributed by atoms with E-state index in [4.69, 9.17) is 6.42 Å². The third-order valence-electron chi connectivity index (χ3n) is 3.79. The van der Waals surface area contributed by atoms with E-state index < -0.39 is 0 Å². The van der Waals surface area contributed by atoms with Crippen LogP contribution in [0.4, 0.5) is 0 Å². The third-order valence-corrected chi connectivity index (χ3v) is 3.79. The normalized spacial score (nSPS) is 10.9. The summed E-state index contributed by atoms with van der Waals surface area (Å²) in [4.78, 5) is 0. The van der Waals surface area contributed by atoms with Crippen LogP contribution in [0.2, 0.25) is 0 Å². The molecule has 0 heterocycles. The van der Waals surface area contributed by atoms with Crippen molar-refractivity contribution in [1.82, 2.24) is 0 Å². The van der Waals surface area contributed by atoms with Gasteiger partial charge >= 0.3 is 0 Å². The van der Waals surface area contributed by atoms with E-state index in [1.165, 1.54) is 5.56 Å². The second kappa shape index (κ2) is 6.01. The maximum Gasteiger partial charge on any atom is 0.116 e. The van der Waals surface area contributed by atoms with Crippen LogP contribution in [0.25, 0.3) is 10.8 Å². The van der Waals surface area contributed by atoms with E-state index >= 15 is 0 Å². The van der Waals surface area contributed by atoms with E-state index in [2.05, 4.69) is 38.8 Å². The molecule has 0 saturated carbocycles. The molecule has 2 aromatic rings. The van der Waals surface area contributed by atoms with E-state index in [1.807, 2.05) is 6.07 Å². The fraction of sp³-hybridized carbons (Fsp3) is 0.368. The van der Waals surface area contributed by atoms with Crippen molar-refractivity contribution in [2.45, 2.75) is 46.0 Å². The lowest BCUT2D eigenvalue weighted by atomic mass is 9.89. The second-order valence-corrected chi connectivity index (χ2v) is 5.64. The Balaban J connectivity index is 2.75. The number of phenols is 1. The van der Waals surface area contributed by atoms with Gasteiger partial charge in [0.2, 0.25) is 0 Å². The average Bonchev–Trinajstić information content (AvgIpc) is 2.43. The van der Waals surface area contributed by atoms with Crippen molar-refractivity contribution in [1.29, 1.82) is 0 Å². The molecule has 1 heteroatoms. The average molecular weight is 266 g/mol. The first-order valence-corrected chi connectivity index (χ1v) is 7.33.